The Morgan fingerprint density at radius 3 is 2.56 bits per heavy atom. The highest BCUT2D eigenvalue weighted by Crippen LogP contribution is 2.25. The Hall–Kier alpha value is -3.97. The molecule has 0 unspecified atom stereocenters. The summed E-state index contributed by atoms with van der Waals surface area (Å²) < 4.78 is 3.01. The summed E-state index contributed by atoms with van der Waals surface area (Å²) in [5.74, 6) is -0.379. The molecule has 0 spiro atoms. The topological polar surface area (TPSA) is 81.3 Å². The van der Waals surface area contributed by atoms with Gasteiger partial charge in [0.05, 0.1) is 21.6 Å². The van der Waals surface area contributed by atoms with Crippen molar-refractivity contribution in [2.24, 2.45) is 0 Å². The number of benzene rings is 3. The average molecular weight is 444 g/mol. The maximum atomic E-state index is 13.4. The lowest BCUT2D eigenvalue weighted by molar-refractivity contribution is -0.116. The van der Waals surface area contributed by atoms with Crippen LogP contribution < -0.4 is 10.9 Å². The number of carbonyl (C=O) groups excluding carboxylic acids is 1. The molecule has 0 saturated carbocycles. The van der Waals surface area contributed by atoms with Crippen LogP contribution in [0.15, 0.2) is 77.6 Å². The number of carbonyl (C=O) groups is 1. The molecule has 0 aliphatic heterocycles. The molecule has 5 aromatic rings. The van der Waals surface area contributed by atoms with Crippen LogP contribution in [0.2, 0.25) is 5.02 Å². The second kappa shape index (κ2) is 7.94. The molecule has 0 radical (unpaired) electrons. The third-order valence-corrected chi connectivity index (χ3v) is 5.57. The smallest absolute Gasteiger partial charge is 0.262 e. The molecule has 0 fully saturated rings. The molecule has 0 bridgehead atoms. The van der Waals surface area contributed by atoms with Crippen molar-refractivity contribution in [2.75, 3.05) is 5.32 Å². The van der Waals surface area contributed by atoms with Crippen LogP contribution in [0.25, 0.3) is 27.8 Å². The number of hydrogen-bond donors (Lipinski definition) is 1. The minimum absolute atomic E-state index is 0.218. The molecule has 2 aromatic heterocycles. The first-order valence-corrected chi connectivity index (χ1v) is 10.4. The number of amides is 1. The summed E-state index contributed by atoms with van der Waals surface area (Å²) in [6.07, 6.45) is 0. The maximum Gasteiger partial charge on any atom is 0.262 e. The monoisotopic (exact) mass is 443 g/mol. The lowest BCUT2D eigenvalue weighted by atomic mass is 10.1. The zero-order chi connectivity index (χ0) is 22.2. The largest absolute Gasteiger partial charge is 0.323 e. The van der Waals surface area contributed by atoms with Gasteiger partial charge in [-0.05, 0) is 36.8 Å². The molecule has 0 saturated heterocycles. The van der Waals surface area contributed by atoms with Gasteiger partial charge in [-0.2, -0.15) is 4.52 Å². The highest BCUT2D eigenvalue weighted by molar-refractivity contribution is 6.33. The van der Waals surface area contributed by atoms with Crippen molar-refractivity contribution in [1.29, 1.82) is 0 Å². The number of nitrogens with one attached hydrogen (secondary N) is 1. The summed E-state index contributed by atoms with van der Waals surface area (Å²) in [7, 11) is 0. The minimum atomic E-state index is -0.379. The van der Waals surface area contributed by atoms with E-state index in [0.717, 1.165) is 11.1 Å². The molecule has 0 atom stereocenters. The maximum absolute atomic E-state index is 13.4. The number of hydrogen-bond acceptors (Lipinski definition) is 4. The van der Waals surface area contributed by atoms with Crippen LogP contribution in [0.1, 0.15) is 5.56 Å². The molecule has 8 heteroatoms. The van der Waals surface area contributed by atoms with E-state index >= 15 is 0 Å². The van der Waals surface area contributed by atoms with Crippen molar-refractivity contribution in [3.05, 3.63) is 93.7 Å². The Labute approximate surface area is 187 Å². The molecule has 0 aliphatic carbocycles. The van der Waals surface area contributed by atoms with Gasteiger partial charge in [-0.1, -0.05) is 65.3 Å². The van der Waals surface area contributed by atoms with Gasteiger partial charge in [0.2, 0.25) is 5.91 Å². The van der Waals surface area contributed by atoms with E-state index in [1.807, 2.05) is 55.5 Å². The predicted molar refractivity (Wildman–Crippen MR) is 125 cm³/mol. The average Bonchev–Trinajstić information content (AvgIpc) is 3.24. The summed E-state index contributed by atoms with van der Waals surface area (Å²) >= 11 is 6.26. The van der Waals surface area contributed by atoms with Crippen LogP contribution in [0.3, 0.4) is 0 Å². The molecule has 0 aliphatic rings. The highest BCUT2D eigenvalue weighted by atomic mass is 35.5. The number of para-hydroxylation sites is 1. The second-order valence-electron chi connectivity index (χ2n) is 7.48. The molecule has 1 amide bonds. The summed E-state index contributed by atoms with van der Waals surface area (Å²) in [4.78, 5) is 26.4. The number of aryl methyl sites for hydroxylation is 1. The van der Waals surface area contributed by atoms with Gasteiger partial charge in [-0.25, -0.2) is 0 Å². The van der Waals surface area contributed by atoms with Gasteiger partial charge in [0.1, 0.15) is 12.2 Å². The number of aromatic nitrogens is 4. The molecule has 5 rings (SSSR count). The first-order chi connectivity index (χ1) is 15.5. The Morgan fingerprint density at radius 2 is 1.78 bits per heavy atom. The summed E-state index contributed by atoms with van der Waals surface area (Å²) in [6, 6.07) is 22.0. The van der Waals surface area contributed by atoms with Gasteiger partial charge in [0, 0.05) is 5.56 Å². The number of anilines is 1. The predicted octanol–water partition coefficient (Wildman–Crippen LogP) is 4.31. The van der Waals surface area contributed by atoms with Crippen LogP contribution in [-0.4, -0.2) is 25.3 Å². The van der Waals surface area contributed by atoms with Gasteiger partial charge in [0.25, 0.3) is 5.56 Å². The van der Waals surface area contributed by atoms with E-state index in [2.05, 4.69) is 15.6 Å². The van der Waals surface area contributed by atoms with Crippen molar-refractivity contribution in [2.45, 2.75) is 13.5 Å². The lowest BCUT2D eigenvalue weighted by Gasteiger charge is -2.13. The molecular formula is C24H18ClN5O2. The van der Waals surface area contributed by atoms with E-state index in [9.17, 15) is 9.59 Å². The fraction of sp³-hybridized carbons (Fsp3) is 0.0833. The SMILES string of the molecule is Cc1ccc(NC(=O)Cn2c(=O)c3ccccc3n3nnc(-c4ccccc4)c23)c(Cl)c1. The third-order valence-electron chi connectivity index (χ3n) is 5.26. The quantitative estimate of drug-likeness (QED) is 0.448. The van der Waals surface area contributed by atoms with Crippen molar-refractivity contribution in [1.82, 2.24) is 19.4 Å². The summed E-state index contributed by atoms with van der Waals surface area (Å²) in [6.45, 7) is 1.70. The Morgan fingerprint density at radius 1 is 1.03 bits per heavy atom. The van der Waals surface area contributed by atoms with Gasteiger partial charge < -0.3 is 5.32 Å². The van der Waals surface area contributed by atoms with E-state index in [1.54, 1.807) is 28.8 Å². The summed E-state index contributed by atoms with van der Waals surface area (Å²) in [5.41, 5.74) is 3.58. The van der Waals surface area contributed by atoms with Crippen LogP contribution in [-0.2, 0) is 11.3 Å². The fourth-order valence-electron chi connectivity index (χ4n) is 3.75. The Bertz CT molecular complexity index is 1540. The molecule has 1 N–H and O–H groups in total. The van der Waals surface area contributed by atoms with Gasteiger partial charge in [0.15, 0.2) is 5.65 Å². The van der Waals surface area contributed by atoms with Crippen molar-refractivity contribution in [3.8, 4) is 11.3 Å². The molecule has 2 heterocycles. The number of halogens is 1. The molecular weight excluding hydrogens is 426 g/mol. The van der Waals surface area contributed by atoms with Crippen molar-refractivity contribution < 1.29 is 4.79 Å². The number of rotatable bonds is 4. The van der Waals surface area contributed by atoms with E-state index in [1.165, 1.54) is 4.57 Å². The number of nitrogens with zero attached hydrogens (tertiary/aromatic N) is 4. The Balaban J connectivity index is 1.66. The van der Waals surface area contributed by atoms with Crippen molar-refractivity contribution >= 4 is 39.7 Å². The van der Waals surface area contributed by atoms with Crippen LogP contribution >= 0.6 is 11.6 Å². The van der Waals surface area contributed by atoms with Gasteiger partial charge >= 0.3 is 0 Å². The highest BCUT2D eigenvalue weighted by Gasteiger charge is 2.20. The second-order valence-corrected chi connectivity index (χ2v) is 7.89. The molecule has 3 aromatic carbocycles. The zero-order valence-electron chi connectivity index (χ0n) is 17.1. The van der Waals surface area contributed by atoms with Gasteiger partial charge in [-0.15, -0.1) is 5.10 Å². The van der Waals surface area contributed by atoms with E-state index in [-0.39, 0.29) is 18.0 Å². The first-order valence-electron chi connectivity index (χ1n) is 10.0. The number of fused-ring (bicyclic) bond motifs is 3. The van der Waals surface area contributed by atoms with Crippen LogP contribution in [0.5, 0.6) is 0 Å². The lowest BCUT2D eigenvalue weighted by Crippen LogP contribution is -2.29. The van der Waals surface area contributed by atoms with Crippen molar-refractivity contribution in [3.63, 3.8) is 0 Å². The minimum Gasteiger partial charge on any atom is -0.323 e. The van der Waals surface area contributed by atoms with E-state index in [0.29, 0.717) is 33.0 Å². The zero-order valence-corrected chi connectivity index (χ0v) is 17.9. The molecule has 7 nitrogen and oxygen atoms in total. The van der Waals surface area contributed by atoms with Gasteiger partial charge in [-0.3, -0.25) is 14.2 Å². The van der Waals surface area contributed by atoms with E-state index < -0.39 is 0 Å². The van der Waals surface area contributed by atoms with Crippen LogP contribution in [0, 0.1) is 6.92 Å². The normalized spacial score (nSPS) is 11.2. The third kappa shape index (κ3) is 3.42. The molecule has 32 heavy (non-hydrogen) atoms. The first kappa shape index (κ1) is 20.0. The van der Waals surface area contributed by atoms with E-state index in [4.69, 9.17) is 11.6 Å². The summed E-state index contributed by atoms with van der Waals surface area (Å²) in [5, 5.41) is 12.3. The fourth-order valence-corrected chi connectivity index (χ4v) is 4.03. The standard InChI is InChI=1S/C24H18ClN5O2/c1-15-11-12-19(18(25)13-15)26-21(31)14-29-23-22(16-7-3-2-4-8-16)27-28-30(23)20-10-6-5-9-17(20)24(29)32/h2-13H,14H2,1H3,(H,26,31). The Kier molecular flexibility index (Phi) is 4.95. The van der Waals surface area contributed by atoms with Crippen LogP contribution in [0.4, 0.5) is 5.69 Å². The molecule has 158 valence electrons.